The molecule has 0 saturated heterocycles. The van der Waals surface area contributed by atoms with Gasteiger partial charge >= 0.3 is 0 Å². The summed E-state index contributed by atoms with van der Waals surface area (Å²) in [6.45, 7) is -0.182. The second-order valence-corrected chi connectivity index (χ2v) is 8.93. The highest BCUT2D eigenvalue weighted by atomic mass is 32.2. The Bertz CT molecular complexity index is 1180. The zero-order valence-corrected chi connectivity index (χ0v) is 18.9. The maximum atomic E-state index is 13.0. The van der Waals surface area contributed by atoms with Crippen molar-refractivity contribution in [1.29, 1.82) is 0 Å². The maximum absolute atomic E-state index is 13.0. The van der Waals surface area contributed by atoms with Crippen LogP contribution in [-0.2, 0) is 20.8 Å². The third-order valence-electron chi connectivity index (χ3n) is 5.51. The van der Waals surface area contributed by atoms with E-state index < -0.39 is 11.9 Å². The third kappa shape index (κ3) is 5.53. The van der Waals surface area contributed by atoms with E-state index in [1.165, 1.54) is 4.90 Å². The normalized spacial score (nSPS) is 14.3. The van der Waals surface area contributed by atoms with Crippen molar-refractivity contribution in [2.45, 2.75) is 23.8 Å². The summed E-state index contributed by atoms with van der Waals surface area (Å²) in [5.41, 5.74) is 7.14. The average Bonchev–Trinajstić information content (AvgIpc) is 2.97. The standard InChI is InChI=1S/C25H26N4O3S/c26-16-27-25(32)20(14-17-9-10-18-5-1-2-6-19(18)13-17)28-23(30)15-29-21-7-3-4-8-22(21)33-12-11-24(29)31/h1-10,13,20H,11-12,14-16,26H2,(H,27,32)(H,28,30)/t20-/m1/s1. The molecule has 0 unspecified atom stereocenters. The van der Waals surface area contributed by atoms with E-state index in [0.29, 0.717) is 18.6 Å². The minimum Gasteiger partial charge on any atom is -0.342 e. The van der Waals surface area contributed by atoms with Crippen LogP contribution in [0.1, 0.15) is 12.0 Å². The minimum atomic E-state index is -0.811. The number of thioether (sulfide) groups is 1. The molecule has 3 amide bonds. The Kier molecular flexibility index (Phi) is 7.26. The van der Waals surface area contributed by atoms with E-state index in [2.05, 4.69) is 10.6 Å². The number of nitrogens with two attached hydrogens (primary N) is 1. The zero-order chi connectivity index (χ0) is 23.2. The highest BCUT2D eigenvalue weighted by Crippen LogP contribution is 2.33. The number of fused-ring (bicyclic) bond motifs is 2. The van der Waals surface area contributed by atoms with Gasteiger partial charge < -0.3 is 21.3 Å². The van der Waals surface area contributed by atoms with Crippen LogP contribution >= 0.6 is 11.8 Å². The Morgan fingerprint density at radius 2 is 1.79 bits per heavy atom. The fourth-order valence-corrected chi connectivity index (χ4v) is 4.91. The summed E-state index contributed by atoms with van der Waals surface area (Å²) in [6.07, 6.45) is 0.656. The van der Waals surface area contributed by atoms with E-state index in [9.17, 15) is 14.4 Å². The second kappa shape index (κ2) is 10.5. The molecule has 1 heterocycles. The van der Waals surface area contributed by atoms with Crippen molar-refractivity contribution in [3.63, 3.8) is 0 Å². The van der Waals surface area contributed by atoms with Gasteiger partial charge in [-0.15, -0.1) is 11.8 Å². The molecule has 0 radical (unpaired) electrons. The van der Waals surface area contributed by atoms with Gasteiger partial charge in [0.15, 0.2) is 0 Å². The highest BCUT2D eigenvalue weighted by Gasteiger charge is 2.27. The van der Waals surface area contributed by atoms with Crippen molar-refractivity contribution in [2.24, 2.45) is 5.73 Å². The first-order chi connectivity index (χ1) is 16.0. The summed E-state index contributed by atoms with van der Waals surface area (Å²) >= 11 is 1.60. The maximum Gasteiger partial charge on any atom is 0.243 e. The van der Waals surface area contributed by atoms with Gasteiger partial charge in [0.1, 0.15) is 12.6 Å². The number of hydrogen-bond acceptors (Lipinski definition) is 5. The fourth-order valence-electron chi connectivity index (χ4n) is 3.91. The van der Waals surface area contributed by atoms with Gasteiger partial charge in [-0.3, -0.25) is 14.4 Å². The Morgan fingerprint density at radius 3 is 2.61 bits per heavy atom. The van der Waals surface area contributed by atoms with E-state index in [1.54, 1.807) is 11.8 Å². The number of rotatable bonds is 7. The summed E-state index contributed by atoms with van der Waals surface area (Å²) in [7, 11) is 0. The van der Waals surface area contributed by atoms with Crippen LogP contribution in [0.3, 0.4) is 0 Å². The molecule has 170 valence electrons. The van der Waals surface area contributed by atoms with E-state index in [1.807, 2.05) is 66.7 Å². The summed E-state index contributed by atoms with van der Waals surface area (Å²) in [6, 6.07) is 20.6. The average molecular weight is 463 g/mol. The Balaban J connectivity index is 1.51. The summed E-state index contributed by atoms with van der Waals surface area (Å²) in [4.78, 5) is 40.8. The number of nitrogens with zero attached hydrogens (tertiary/aromatic N) is 1. The van der Waals surface area contributed by atoms with E-state index in [4.69, 9.17) is 5.73 Å². The predicted octanol–water partition coefficient (Wildman–Crippen LogP) is 2.43. The van der Waals surface area contributed by atoms with Crippen LogP contribution in [0, 0.1) is 0 Å². The lowest BCUT2D eigenvalue weighted by Gasteiger charge is -2.24. The molecule has 8 heteroatoms. The molecule has 0 fully saturated rings. The van der Waals surface area contributed by atoms with Crippen molar-refractivity contribution in [2.75, 3.05) is 23.9 Å². The van der Waals surface area contributed by atoms with Crippen molar-refractivity contribution >= 4 is 45.9 Å². The van der Waals surface area contributed by atoms with Gasteiger partial charge in [-0.1, -0.05) is 54.6 Å². The molecule has 3 aromatic carbocycles. The van der Waals surface area contributed by atoms with Gasteiger partial charge in [-0.05, 0) is 28.5 Å². The van der Waals surface area contributed by atoms with Crippen LogP contribution in [0.25, 0.3) is 10.8 Å². The summed E-state index contributed by atoms with van der Waals surface area (Å²) in [5.74, 6) is -0.211. The van der Waals surface area contributed by atoms with Crippen LogP contribution in [0.5, 0.6) is 0 Å². The van der Waals surface area contributed by atoms with Gasteiger partial charge in [0.2, 0.25) is 17.7 Å². The molecule has 4 rings (SSSR count). The molecule has 4 N–H and O–H groups in total. The first-order valence-corrected chi connectivity index (χ1v) is 11.8. The SMILES string of the molecule is NCNC(=O)[C@@H](Cc1ccc2ccccc2c1)NC(=O)CN1C(=O)CCSc2ccccc21. The van der Waals surface area contributed by atoms with Crippen LogP contribution in [0.2, 0.25) is 0 Å². The molecule has 1 atom stereocenters. The number of carbonyl (C=O) groups excluding carboxylic acids is 3. The number of hydrogen-bond donors (Lipinski definition) is 3. The first kappa shape index (κ1) is 22.8. The number of anilines is 1. The van der Waals surface area contributed by atoms with Gasteiger partial charge in [-0.25, -0.2) is 0 Å². The van der Waals surface area contributed by atoms with Crippen molar-refractivity contribution in [3.8, 4) is 0 Å². The molecule has 0 aromatic heterocycles. The van der Waals surface area contributed by atoms with Gasteiger partial charge in [0.05, 0.1) is 12.4 Å². The van der Waals surface area contributed by atoms with Crippen molar-refractivity contribution in [3.05, 3.63) is 72.3 Å². The molecular weight excluding hydrogens is 436 g/mol. The van der Waals surface area contributed by atoms with Gasteiger partial charge in [0, 0.05) is 23.5 Å². The van der Waals surface area contributed by atoms with Crippen LogP contribution in [0.15, 0.2) is 71.6 Å². The highest BCUT2D eigenvalue weighted by molar-refractivity contribution is 7.99. The van der Waals surface area contributed by atoms with Crippen molar-refractivity contribution in [1.82, 2.24) is 10.6 Å². The molecule has 7 nitrogen and oxygen atoms in total. The lowest BCUT2D eigenvalue weighted by Crippen LogP contribution is -2.52. The van der Waals surface area contributed by atoms with Crippen LogP contribution < -0.4 is 21.3 Å². The monoisotopic (exact) mass is 462 g/mol. The quantitative estimate of drug-likeness (QED) is 0.468. The molecule has 0 bridgehead atoms. The smallest absolute Gasteiger partial charge is 0.243 e. The lowest BCUT2D eigenvalue weighted by molar-refractivity contribution is -0.128. The van der Waals surface area contributed by atoms with E-state index >= 15 is 0 Å². The van der Waals surface area contributed by atoms with E-state index in [-0.39, 0.29) is 25.0 Å². The molecule has 0 spiro atoms. The Morgan fingerprint density at radius 1 is 1.03 bits per heavy atom. The second-order valence-electron chi connectivity index (χ2n) is 7.80. The van der Waals surface area contributed by atoms with Gasteiger partial charge in [0.25, 0.3) is 0 Å². The predicted molar refractivity (Wildman–Crippen MR) is 131 cm³/mol. The van der Waals surface area contributed by atoms with Crippen LogP contribution in [-0.4, -0.2) is 42.7 Å². The van der Waals surface area contributed by atoms with Gasteiger partial charge in [-0.2, -0.15) is 0 Å². The lowest BCUT2D eigenvalue weighted by atomic mass is 10.0. The number of para-hydroxylation sites is 1. The summed E-state index contributed by atoms with van der Waals surface area (Å²) in [5, 5.41) is 7.56. The Labute approximate surface area is 196 Å². The third-order valence-corrected chi connectivity index (χ3v) is 6.58. The molecular formula is C25H26N4O3S. The molecule has 33 heavy (non-hydrogen) atoms. The largest absolute Gasteiger partial charge is 0.342 e. The Hall–Kier alpha value is -3.36. The fraction of sp³-hybridized carbons (Fsp3) is 0.240. The molecule has 3 aromatic rings. The number of amides is 3. The molecule has 1 aliphatic rings. The topological polar surface area (TPSA) is 105 Å². The summed E-state index contributed by atoms with van der Waals surface area (Å²) < 4.78 is 0. The molecule has 0 saturated carbocycles. The first-order valence-electron chi connectivity index (χ1n) is 10.8. The number of benzene rings is 3. The minimum absolute atomic E-state index is 0.0296. The van der Waals surface area contributed by atoms with E-state index in [0.717, 1.165) is 26.9 Å². The number of nitrogens with one attached hydrogen (secondary N) is 2. The molecule has 0 aliphatic carbocycles. The van der Waals surface area contributed by atoms with Crippen LogP contribution in [0.4, 0.5) is 5.69 Å². The number of carbonyl (C=O) groups is 3. The van der Waals surface area contributed by atoms with Crippen molar-refractivity contribution < 1.29 is 14.4 Å². The molecule has 1 aliphatic heterocycles. The zero-order valence-electron chi connectivity index (χ0n) is 18.1.